The standard InChI is InChI=1S/C8H4Br2ClF3/c9-6-1-4(8(12,13)14)2-7(10)5(6)3-11/h1-2H,3H2. The lowest BCUT2D eigenvalue weighted by Crippen LogP contribution is -2.05. The number of benzene rings is 1. The topological polar surface area (TPSA) is 0 Å². The Hall–Kier alpha value is 0.260. The van der Waals surface area contributed by atoms with Crippen LogP contribution in [0.4, 0.5) is 13.2 Å². The molecule has 0 amide bonds. The van der Waals surface area contributed by atoms with Crippen molar-refractivity contribution in [3.63, 3.8) is 0 Å². The van der Waals surface area contributed by atoms with Crippen molar-refractivity contribution >= 4 is 43.5 Å². The highest BCUT2D eigenvalue weighted by Gasteiger charge is 2.31. The Kier molecular flexibility index (Phi) is 3.88. The number of hydrogen-bond donors (Lipinski definition) is 0. The van der Waals surface area contributed by atoms with E-state index in [1.54, 1.807) is 0 Å². The van der Waals surface area contributed by atoms with E-state index in [4.69, 9.17) is 11.6 Å². The van der Waals surface area contributed by atoms with Crippen LogP contribution in [0.3, 0.4) is 0 Å². The second-order valence-electron chi connectivity index (χ2n) is 2.55. The first kappa shape index (κ1) is 12.3. The van der Waals surface area contributed by atoms with Gasteiger partial charge in [-0.15, -0.1) is 11.6 Å². The maximum atomic E-state index is 12.3. The van der Waals surface area contributed by atoms with Gasteiger partial charge in [-0.25, -0.2) is 0 Å². The maximum Gasteiger partial charge on any atom is 0.416 e. The molecule has 0 aliphatic heterocycles. The van der Waals surface area contributed by atoms with E-state index in [9.17, 15) is 13.2 Å². The van der Waals surface area contributed by atoms with E-state index in [0.717, 1.165) is 12.1 Å². The van der Waals surface area contributed by atoms with Crippen LogP contribution in [0, 0.1) is 0 Å². The van der Waals surface area contributed by atoms with Gasteiger partial charge >= 0.3 is 6.18 Å². The predicted octanol–water partition coefficient (Wildman–Crippen LogP) is 4.97. The van der Waals surface area contributed by atoms with E-state index in [-0.39, 0.29) is 5.88 Å². The predicted molar refractivity (Wildman–Crippen MR) is 56.4 cm³/mol. The van der Waals surface area contributed by atoms with Gasteiger partial charge in [-0.3, -0.25) is 0 Å². The van der Waals surface area contributed by atoms with Gasteiger partial charge < -0.3 is 0 Å². The van der Waals surface area contributed by atoms with Crippen molar-refractivity contribution in [1.29, 1.82) is 0 Å². The largest absolute Gasteiger partial charge is 0.416 e. The molecular weight excluding hydrogens is 348 g/mol. The fourth-order valence-corrected chi connectivity index (χ4v) is 2.97. The monoisotopic (exact) mass is 350 g/mol. The molecule has 1 rings (SSSR count). The zero-order valence-corrected chi connectivity index (χ0v) is 10.6. The molecule has 0 atom stereocenters. The van der Waals surface area contributed by atoms with E-state index in [0.29, 0.717) is 14.5 Å². The molecule has 0 saturated carbocycles. The van der Waals surface area contributed by atoms with Crippen LogP contribution in [0.25, 0.3) is 0 Å². The first-order chi connectivity index (χ1) is 6.36. The third-order valence-corrected chi connectivity index (χ3v) is 3.28. The van der Waals surface area contributed by atoms with Crippen LogP contribution in [0.1, 0.15) is 11.1 Å². The highest BCUT2D eigenvalue weighted by atomic mass is 79.9. The summed E-state index contributed by atoms with van der Waals surface area (Å²) in [5, 5.41) is 0. The number of halogens is 6. The van der Waals surface area contributed by atoms with E-state index >= 15 is 0 Å². The zero-order valence-electron chi connectivity index (χ0n) is 6.63. The van der Waals surface area contributed by atoms with Crippen LogP contribution in [0.5, 0.6) is 0 Å². The van der Waals surface area contributed by atoms with Gasteiger partial charge in [-0.1, -0.05) is 31.9 Å². The average molecular weight is 352 g/mol. The first-order valence-electron chi connectivity index (χ1n) is 3.47. The third kappa shape index (κ3) is 2.64. The van der Waals surface area contributed by atoms with Crippen molar-refractivity contribution in [2.75, 3.05) is 0 Å². The quantitative estimate of drug-likeness (QED) is 0.626. The molecule has 1 aromatic carbocycles. The van der Waals surface area contributed by atoms with E-state index in [2.05, 4.69) is 31.9 Å². The van der Waals surface area contributed by atoms with Crippen molar-refractivity contribution < 1.29 is 13.2 Å². The van der Waals surface area contributed by atoms with Gasteiger partial charge in [-0.2, -0.15) is 13.2 Å². The fraction of sp³-hybridized carbons (Fsp3) is 0.250. The molecule has 1 aromatic rings. The third-order valence-electron chi connectivity index (χ3n) is 1.60. The molecule has 0 aliphatic carbocycles. The maximum absolute atomic E-state index is 12.3. The molecule has 14 heavy (non-hydrogen) atoms. The number of alkyl halides is 4. The summed E-state index contributed by atoms with van der Waals surface area (Å²) >= 11 is 11.6. The molecule has 0 saturated heterocycles. The van der Waals surface area contributed by atoms with Crippen molar-refractivity contribution in [3.8, 4) is 0 Å². The molecule has 0 heterocycles. The summed E-state index contributed by atoms with van der Waals surface area (Å²) < 4.78 is 37.6. The second kappa shape index (κ2) is 4.41. The van der Waals surface area contributed by atoms with Crippen LogP contribution in [-0.2, 0) is 12.1 Å². The Morgan fingerprint density at radius 3 is 1.86 bits per heavy atom. The van der Waals surface area contributed by atoms with Gasteiger partial charge in [0.1, 0.15) is 0 Å². The van der Waals surface area contributed by atoms with E-state index < -0.39 is 11.7 Å². The SMILES string of the molecule is FC(F)(F)c1cc(Br)c(CCl)c(Br)c1. The van der Waals surface area contributed by atoms with Crippen LogP contribution in [0.2, 0.25) is 0 Å². The Labute approximate surface area is 101 Å². The Bertz CT molecular complexity index is 326. The fourth-order valence-electron chi connectivity index (χ4n) is 0.894. The highest BCUT2D eigenvalue weighted by molar-refractivity contribution is 9.11. The molecule has 0 unspecified atom stereocenters. The number of hydrogen-bond acceptors (Lipinski definition) is 0. The summed E-state index contributed by atoms with van der Waals surface area (Å²) in [6.45, 7) is 0. The molecule has 78 valence electrons. The number of rotatable bonds is 1. The average Bonchev–Trinajstić information content (AvgIpc) is 2.01. The molecule has 0 radical (unpaired) electrons. The summed E-state index contributed by atoms with van der Waals surface area (Å²) in [4.78, 5) is 0. The van der Waals surface area contributed by atoms with Gasteiger partial charge in [0.25, 0.3) is 0 Å². The Morgan fingerprint density at radius 1 is 1.14 bits per heavy atom. The summed E-state index contributed by atoms with van der Waals surface area (Å²) in [5.41, 5.74) is -0.0928. The smallest absolute Gasteiger partial charge is 0.166 e. The first-order valence-corrected chi connectivity index (χ1v) is 5.59. The second-order valence-corrected chi connectivity index (χ2v) is 4.53. The van der Waals surface area contributed by atoms with Crippen molar-refractivity contribution in [2.45, 2.75) is 12.1 Å². The normalized spacial score (nSPS) is 11.9. The van der Waals surface area contributed by atoms with E-state index in [1.165, 1.54) is 0 Å². The Balaban J connectivity index is 3.28. The van der Waals surface area contributed by atoms with Crippen molar-refractivity contribution in [1.82, 2.24) is 0 Å². The van der Waals surface area contributed by atoms with Gasteiger partial charge in [0, 0.05) is 14.8 Å². The van der Waals surface area contributed by atoms with Crippen LogP contribution in [0.15, 0.2) is 21.1 Å². The minimum absolute atomic E-state index is 0.152. The van der Waals surface area contributed by atoms with Crippen molar-refractivity contribution in [2.24, 2.45) is 0 Å². The van der Waals surface area contributed by atoms with Gasteiger partial charge in [0.15, 0.2) is 0 Å². The van der Waals surface area contributed by atoms with Crippen molar-refractivity contribution in [3.05, 3.63) is 32.2 Å². The van der Waals surface area contributed by atoms with Crippen LogP contribution >= 0.6 is 43.5 Å². The summed E-state index contributed by atoms with van der Waals surface area (Å²) in [6, 6.07) is 2.03. The van der Waals surface area contributed by atoms with E-state index in [1.807, 2.05) is 0 Å². The summed E-state index contributed by atoms with van der Waals surface area (Å²) in [7, 11) is 0. The minimum Gasteiger partial charge on any atom is -0.166 e. The molecule has 0 N–H and O–H groups in total. The summed E-state index contributed by atoms with van der Waals surface area (Å²) in [5.74, 6) is 0.152. The molecule has 0 nitrogen and oxygen atoms in total. The Morgan fingerprint density at radius 2 is 1.57 bits per heavy atom. The molecule has 6 heteroatoms. The van der Waals surface area contributed by atoms with Crippen LogP contribution < -0.4 is 0 Å². The lowest BCUT2D eigenvalue weighted by atomic mass is 10.1. The molecule has 0 fully saturated rings. The molecule has 0 spiro atoms. The van der Waals surface area contributed by atoms with Gasteiger partial charge in [0.2, 0.25) is 0 Å². The summed E-state index contributed by atoms with van der Waals surface area (Å²) in [6.07, 6.45) is -4.34. The molecular formula is C8H4Br2ClF3. The zero-order chi connectivity index (χ0) is 10.9. The van der Waals surface area contributed by atoms with Crippen LogP contribution in [-0.4, -0.2) is 0 Å². The highest BCUT2D eigenvalue weighted by Crippen LogP contribution is 2.36. The molecule has 0 bridgehead atoms. The minimum atomic E-state index is -4.34. The lowest BCUT2D eigenvalue weighted by Gasteiger charge is -2.10. The van der Waals surface area contributed by atoms with Gasteiger partial charge in [-0.05, 0) is 17.7 Å². The molecule has 0 aromatic heterocycles. The lowest BCUT2D eigenvalue weighted by molar-refractivity contribution is -0.137. The molecule has 0 aliphatic rings. The van der Waals surface area contributed by atoms with Gasteiger partial charge in [0.05, 0.1) is 5.56 Å².